The van der Waals surface area contributed by atoms with Crippen LogP contribution in [0.2, 0.25) is 0 Å². The maximum Gasteiger partial charge on any atom is 0.246 e. The van der Waals surface area contributed by atoms with Gasteiger partial charge in [-0.05, 0) is 49.6 Å². The van der Waals surface area contributed by atoms with E-state index >= 15 is 0 Å². The van der Waals surface area contributed by atoms with Gasteiger partial charge in [-0.15, -0.1) is 11.3 Å². The first-order valence-electron chi connectivity index (χ1n) is 7.32. The molecule has 0 spiro atoms. The summed E-state index contributed by atoms with van der Waals surface area (Å²) >= 11 is 1.77. The summed E-state index contributed by atoms with van der Waals surface area (Å²) in [6.07, 6.45) is 3.82. The van der Waals surface area contributed by atoms with Gasteiger partial charge < -0.3 is 10.2 Å². The monoisotopic (exact) mass is 292 g/mol. The number of rotatable bonds is 2. The minimum Gasteiger partial charge on any atom is -0.343 e. The molecule has 108 valence electrons. The lowest BCUT2D eigenvalue weighted by Gasteiger charge is -2.43. The van der Waals surface area contributed by atoms with Gasteiger partial charge in [-0.3, -0.25) is 9.59 Å². The molecule has 1 saturated heterocycles. The van der Waals surface area contributed by atoms with Crippen LogP contribution in [-0.2, 0) is 16.0 Å². The molecule has 3 unspecified atom stereocenters. The average Bonchev–Trinajstić information content (AvgIpc) is 2.91. The van der Waals surface area contributed by atoms with E-state index in [0.29, 0.717) is 6.42 Å². The topological polar surface area (TPSA) is 49.4 Å². The van der Waals surface area contributed by atoms with Crippen LogP contribution in [0.5, 0.6) is 0 Å². The summed E-state index contributed by atoms with van der Waals surface area (Å²) in [5.41, 5.74) is 1.26. The summed E-state index contributed by atoms with van der Waals surface area (Å²) in [6, 6.07) is 1.47. The third kappa shape index (κ3) is 2.04. The van der Waals surface area contributed by atoms with Gasteiger partial charge in [-0.2, -0.15) is 0 Å². The fourth-order valence-electron chi connectivity index (χ4n) is 3.38. The Morgan fingerprint density at radius 3 is 3.00 bits per heavy atom. The van der Waals surface area contributed by atoms with Gasteiger partial charge >= 0.3 is 0 Å². The van der Waals surface area contributed by atoms with Gasteiger partial charge in [-0.25, -0.2) is 0 Å². The highest BCUT2D eigenvalue weighted by Crippen LogP contribution is 2.39. The van der Waals surface area contributed by atoms with Crippen molar-refractivity contribution < 1.29 is 9.59 Å². The summed E-state index contributed by atoms with van der Waals surface area (Å²) in [5.74, 6) is 0.0439. The van der Waals surface area contributed by atoms with Crippen molar-refractivity contribution in [3.05, 3.63) is 21.9 Å². The molecular formula is C15H20N2O2S. The van der Waals surface area contributed by atoms with Crippen LogP contribution in [0.3, 0.4) is 0 Å². The van der Waals surface area contributed by atoms with E-state index in [1.165, 1.54) is 10.4 Å². The van der Waals surface area contributed by atoms with E-state index in [-0.39, 0.29) is 23.9 Å². The fourth-order valence-corrected chi connectivity index (χ4v) is 4.36. The lowest BCUT2D eigenvalue weighted by Crippen LogP contribution is -2.63. The summed E-state index contributed by atoms with van der Waals surface area (Å²) in [5, 5.41) is 4.89. The first-order valence-corrected chi connectivity index (χ1v) is 8.20. The fraction of sp³-hybridized carbons (Fsp3) is 0.600. The molecule has 3 atom stereocenters. The van der Waals surface area contributed by atoms with Gasteiger partial charge in [0.1, 0.15) is 12.1 Å². The molecule has 20 heavy (non-hydrogen) atoms. The first kappa shape index (κ1) is 13.6. The van der Waals surface area contributed by atoms with E-state index in [4.69, 9.17) is 0 Å². The Morgan fingerprint density at radius 2 is 2.25 bits per heavy atom. The molecule has 2 aliphatic rings. The molecule has 2 amide bonds. The summed E-state index contributed by atoms with van der Waals surface area (Å²) < 4.78 is 0. The van der Waals surface area contributed by atoms with Crippen molar-refractivity contribution in [2.45, 2.75) is 57.7 Å². The van der Waals surface area contributed by atoms with Crippen LogP contribution in [0.15, 0.2) is 11.4 Å². The van der Waals surface area contributed by atoms with Crippen LogP contribution in [0, 0.1) is 0 Å². The number of amides is 2. The minimum atomic E-state index is -0.408. The van der Waals surface area contributed by atoms with Crippen molar-refractivity contribution in [1.29, 1.82) is 0 Å². The Balaban J connectivity index is 1.99. The van der Waals surface area contributed by atoms with Gasteiger partial charge in [0.2, 0.25) is 11.8 Å². The number of hydrogen-bond acceptors (Lipinski definition) is 3. The van der Waals surface area contributed by atoms with Crippen LogP contribution in [0.1, 0.15) is 49.6 Å². The number of thiophene rings is 1. The zero-order valence-electron chi connectivity index (χ0n) is 11.9. The smallest absolute Gasteiger partial charge is 0.246 e. The van der Waals surface area contributed by atoms with E-state index in [1.807, 2.05) is 11.8 Å². The van der Waals surface area contributed by atoms with Crippen LogP contribution in [-0.4, -0.2) is 28.8 Å². The Kier molecular flexibility index (Phi) is 3.54. The lowest BCUT2D eigenvalue weighted by atomic mass is 9.89. The van der Waals surface area contributed by atoms with Crippen LogP contribution in [0.25, 0.3) is 0 Å². The Hall–Kier alpha value is -1.36. The molecule has 1 fully saturated rings. The predicted molar refractivity (Wildman–Crippen MR) is 78.5 cm³/mol. The molecule has 2 heterocycles. The number of hydrogen-bond donors (Lipinski definition) is 1. The molecule has 1 aromatic rings. The number of nitrogens with one attached hydrogen (secondary N) is 1. The Bertz CT molecular complexity index is 540. The van der Waals surface area contributed by atoms with Crippen molar-refractivity contribution in [2.75, 3.05) is 0 Å². The number of fused-ring (bicyclic) bond motifs is 1. The number of aryl methyl sites for hydroxylation is 1. The Morgan fingerprint density at radius 1 is 1.45 bits per heavy atom. The third-order valence-corrected chi connectivity index (χ3v) is 5.36. The zero-order chi connectivity index (χ0) is 14.3. The molecule has 0 aromatic carbocycles. The van der Waals surface area contributed by atoms with Crippen LogP contribution < -0.4 is 5.32 Å². The number of carbonyl (C=O) groups excluding carboxylic acids is 2. The molecule has 3 rings (SSSR count). The predicted octanol–water partition coefficient (Wildman–Crippen LogP) is 2.25. The molecule has 5 heteroatoms. The number of nitrogens with zero attached hydrogens (tertiary/aromatic N) is 1. The van der Waals surface area contributed by atoms with Gasteiger partial charge in [0, 0.05) is 4.88 Å². The number of carbonyl (C=O) groups is 2. The third-order valence-electron chi connectivity index (χ3n) is 4.36. The molecule has 1 aliphatic carbocycles. The second-order valence-electron chi connectivity index (χ2n) is 5.61. The minimum absolute atomic E-state index is 0.0121. The standard InChI is InChI=1S/C15H20N2O2S/c1-3-11-14(18)16-9(2)15(19)17(11)12-5-4-6-13-10(12)7-8-20-13/h7-9,11-12H,3-6H2,1-2H3,(H,16,18). The van der Waals surface area contributed by atoms with E-state index in [9.17, 15) is 9.59 Å². The second-order valence-corrected chi connectivity index (χ2v) is 6.61. The normalized spacial score (nSPS) is 30.1. The molecular weight excluding hydrogens is 272 g/mol. The molecule has 4 nitrogen and oxygen atoms in total. The highest BCUT2D eigenvalue weighted by atomic mass is 32.1. The first-order chi connectivity index (χ1) is 9.63. The molecule has 0 radical (unpaired) electrons. The van der Waals surface area contributed by atoms with Gasteiger partial charge in [0.05, 0.1) is 6.04 Å². The van der Waals surface area contributed by atoms with Crippen LogP contribution >= 0.6 is 11.3 Å². The molecule has 1 aliphatic heterocycles. The van der Waals surface area contributed by atoms with E-state index in [2.05, 4.69) is 16.8 Å². The molecule has 1 aromatic heterocycles. The zero-order valence-corrected chi connectivity index (χ0v) is 12.7. The summed E-state index contributed by atoms with van der Waals surface area (Å²) in [7, 11) is 0. The highest BCUT2D eigenvalue weighted by molar-refractivity contribution is 7.10. The van der Waals surface area contributed by atoms with Gasteiger partial charge in [0.15, 0.2) is 0 Å². The Labute approximate surface area is 123 Å². The SMILES string of the molecule is CCC1C(=O)NC(C)C(=O)N1C1CCCc2sccc21. The quantitative estimate of drug-likeness (QED) is 0.909. The van der Waals surface area contributed by atoms with E-state index in [1.54, 1.807) is 18.3 Å². The molecule has 0 saturated carbocycles. The molecule has 0 bridgehead atoms. The highest BCUT2D eigenvalue weighted by Gasteiger charge is 2.42. The van der Waals surface area contributed by atoms with Crippen molar-refractivity contribution in [2.24, 2.45) is 0 Å². The summed E-state index contributed by atoms with van der Waals surface area (Å²) in [4.78, 5) is 28.0. The second kappa shape index (κ2) is 5.20. The van der Waals surface area contributed by atoms with Crippen molar-refractivity contribution in [3.63, 3.8) is 0 Å². The van der Waals surface area contributed by atoms with E-state index < -0.39 is 6.04 Å². The van der Waals surface area contributed by atoms with E-state index in [0.717, 1.165) is 19.3 Å². The van der Waals surface area contributed by atoms with Gasteiger partial charge in [-0.1, -0.05) is 6.92 Å². The lowest BCUT2D eigenvalue weighted by molar-refractivity contribution is -0.152. The number of piperazine rings is 1. The van der Waals surface area contributed by atoms with Gasteiger partial charge in [0.25, 0.3) is 0 Å². The largest absolute Gasteiger partial charge is 0.343 e. The maximum atomic E-state index is 12.6. The van der Waals surface area contributed by atoms with Crippen molar-refractivity contribution in [3.8, 4) is 0 Å². The maximum absolute atomic E-state index is 12.6. The van der Waals surface area contributed by atoms with Crippen molar-refractivity contribution in [1.82, 2.24) is 10.2 Å². The van der Waals surface area contributed by atoms with Crippen molar-refractivity contribution >= 4 is 23.2 Å². The average molecular weight is 292 g/mol. The van der Waals surface area contributed by atoms with Crippen LogP contribution in [0.4, 0.5) is 0 Å². The molecule has 1 N–H and O–H groups in total. The summed E-state index contributed by atoms with van der Waals surface area (Å²) in [6.45, 7) is 3.74.